The molecule has 34 heavy (non-hydrogen) atoms. The number of fused-ring (bicyclic) bond motifs is 1. The summed E-state index contributed by atoms with van der Waals surface area (Å²) < 4.78 is 12.2. The summed E-state index contributed by atoms with van der Waals surface area (Å²) in [7, 11) is 1.62. The molecule has 2 heterocycles. The first-order chi connectivity index (χ1) is 16.7. The van der Waals surface area contributed by atoms with Gasteiger partial charge in [0, 0.05) is 24.0 Å². The molecule has 2 aromatic heterocycles. The lowest BCUT2D eigenvalue weighted by molar-refractivity contribution is 0.0985. The summed E-state index contributed by atoms with van der Waals surface area (Å²) in [4.78, 5) is 24.4. The molecule has 6 nitrogen and oxygen atoms in total. The molecule has 0 aliphatic rings. The number of ether oxygens (including phenoxy) is 2. The van der Waals surface area contributed by atoms with E-state index in [0.717, 1.165) is 21.5 Å². The zero-order chi connectivity index (χ0) is 23.3. The topological polar surface area (TPSA) is 64.5 Å². The molecule has 0 atom stereocenters. The zero-order valence-corrected chi connectivity index (χ0v) is 19.2. The molecule has 5 aromatic rings. The summed E-state index contributed by atoms with van der Waals surface area (Å²) in [6.45, 7) is 0.341. The molecule has 1 amide bonds. The Kier molecular flexibility index (Phi) is 6.18. The van der Waals surface area contributed by atoms with Crippen LogP contribution in [0.3, 0.4) is 0 Å². The first kappa shape index (κ1) is 21.6. The first-order valence-electron chi connectivity index (χ1n) is 10.7. The van der Waals surface area contributed by atoms with Gasteiger partial charge in [-0.3, -0.25) is 14.7 Å². The molecule has 0 unspecified atom stereocenters. The highest BCUT2D eigenvalue weighted by Crippen LogP contribution is 2.33. The molecule has 7 heteroatoms. The molecule has 0 fully saturated rings. The van der Waals surface area contributed by atoms with Crippen LogP contribution in [0.15, 0.2) is 97.3 Å². The predicted octanol–water partition coefficient (Wildman–Crippen LogP) is 6.34. The maximum Gasteiger partial charge on any atom is 0.260 e. The Hall–Kier alpha value is -4.23. The molecular formula is C27H21N3O3S. The number of nitrogens with zero attached hydrogens (tertiary/aromatic N) is 3. The lowest BCUT2D eigenvalue weighted by atomic mass is 10.1. The first-order valence-corrected chi connectivity index (χ1v) is 11.5. The van der Waals surface area contributed by atoms with E-state index < -0.39 is 0 Å². The van der Waals surface area contributed by atoms with Crippen LogP contribution in [0.1, 0.15) is 15.9 Å². The van der Waals surface area contributed by atoms with Gasteiger partial charge >= 0.3 is 0 Å². The Bertz CT molecular complexity index is 1420. The van der Waals surface area contributed by atoms with Gasteiger partial charge in [-0.05, 0) is 54.1 Å². The zero-order valence-electron chi connectivity index (χ0n) is 18.4. The minimum absolute atomic E-state index is 0.173. The molecule has 0 saturated heterocycles. The van der Waals surface area contributed by atoms with E-state index >= 15 is 0 Å². The molecule has 168 valence electrons. The second-order valence-electron chi connectivity index (χ2n) is 7.53. The fourth-order valence-electron chi connectivity index (χ4n) is 3.51. The van der Waals surface area contributed by atoms with Gasteiger partial charge in [0.05, 0.1) is 23.9 Å². The molecule has 0 saturated carbocycles. The Balaban J connectivity index is 1.50. The largest absolute Gasteiger partial charge is 0.497 e. The van der Waals surface area contributed by atoms with Crippen molar-refractivity contribution in [3.63, 3.8) is 0 Å². The third kappa shape index (κ3) is 4.74. The summed E-state index contributed by atoms with van der Waals surface area (Å²) in [6.07, 6.45) is 3.47. The minimum Gasteiger partial charge on any atom is -0.497 e. The lowest BCUT2D eigenvalue weighted by Crippen LogP contribution is -2.30. The maximum atomic E-state index is 13.7. The Labute approximate surface area is 201 Å². The standard InChI is InChI=1S/C27H21N3O3S/c1-32-22-12-13-25-24(16-22)29-27(34-25)30(18-19-7-6-14-28-17-19)26(31)20-8-5-11-23(15-20)33-21-9-3-2-4-10-21/h2-17H,18H2,1H3. The molecular weight excluding hydrogens is 446 g/mol. The number of hydrogen-bond donors (Lipinski definition) is 0. The smallest absolute Gasteiger partial charge is 0.260 e. The van der Waals surface area contributed by atoms with E-state index in [0.29, 0.717) is 28.7 Å². The number of methoxy groups -OCH3 is 1. The van der Waals surface area contributed by atoms with Crippen molar-refractivity contribution >= 4 is 32.6 Å². The van der Waals surface area contributed by atoms with Gasteiger partial charge in [0.25, 0.3) is 5.91 Å². The van der Waals surface area contributed by atoms with Crippen LogP contribution in [-0.4, -0.2) is 23.0 Å². The van der Waals surface area contributed by atoms with Crippen molar-refractivity contribution in [2.75, 3.05) is 12.0 Å². The number of hydrogen-bond acceptors (Lipinski definition) is 6. The van der Waals surface area contributed by atoms with Crippen molar-refractivity contribution in [1.82, 2.24) is 9.97 Å². The molecule has 0 radical (unpaired) electrons. The van der Waals surface area contributed by atoms with Crippen LogP contribution in [0.4, 0.5) is 5.13 Å². The van der Waals surface area contributed by atoms with Gasteiger partial charge < -0.3 is 9.47 Å². The fraction of sp³-hybridized carbons (Fsp3) is 0.0741. The number of pyridine rings is 1. The number of amides is 1. The van der Waals surface area contributed by atoms with E-state index in [9.17, 15) is 4.79 Å². The Morgan fingerprint density at radius 1 is 0.912 bits per heavy atom. The number of rotatable bonds is 7. The van der Waals surface area contributed by atoms with Gasteiger partial charge in [-0.2, -0.15) is 0 Å². The Morgan fingerprint density at radius 2 is 1.76 bits per heavy atom. The van der Waals surface area contributed by atoms with E-state index in [2.05, 4.69) is 4.98 Å². The average Bonchev–Trinajstić information content (AvgIpc) is 3.31. The van der Waals surface area contributed by atoms with Crippen molar-refractivity contribution in [2.45, 2.75) is 6.54 Å². The number of thiazole rings is 1. The van der Waals surface area contributed by atoms with Crippen molar-refractivity contribution in [2.24, 2.45) is 0 Å². The highest BCUT2D eigenvalue weighted by molar-refractivity contribution is 7.22. The number of benzene rings is 3. The van der Waals surface area contributed by atoms with Gasteiger partial charge in [0.2, 0.25) is 0 Å². The van der Waals surface area contributed by atoms with Crippen LogP contribution in [0, 0.1) is 0 Å². The fourth-order valence-corrected chi connectivity index (χ4v) is 4.45. The summed E-state index contributed by atoms with van der Waals surface area (Å²) in [5.74, 6) is 1.85. The number of para-hydroxylation sites is 1. The van der Waals surface area contributed by atoms with Crippen LogP contribution in [-0.2, 0) is 6.54 Å². The summed E-state index contributed by atoms with van der Waals surface area (Å²) >= 11 is 1.46. The van der Waals surface area contributed by atoms with Crippen molar-refractivity contribution in [1.29, 1.82) is 0 Å². The van der Waals surface area contributed by atoms with Crippen molar-refractivity contribution < 1.29 is 14.3 Å². The van der Waals surface area contributed by atoms with Crippen LogP contribution in [0.2, 0.25) is 0 Å². The summed E-state index contributed by atoms with van der Waals surface area (Å²) in [5, 5.41) is 0.603. The molecule has 5 rings (SSSR count). The van der Waals surface area contributed by atoms with Crippen LogP contribution in [0.5, 0.6) is 17.2 Å². The van der Waals surface area contributed by atoms with Gasteiger partial charge in [0.15, 0.2) is 5.13 Å². The monoisotopic (exact) mass is 467 g/mol. The molecule has 0 spiro atoms. The van der Waals surface area contributed by atoms with E-state index in [-0.39, 0.29) is 5.91 Å². The van der Waals surface area contributed by atoms with Crippen LogP contribution < -0.4 is 14.4 Å². The summed E-state index contributed by atoms with van der Waals surface area (Å²) in [5.41, 5.74) is 2.20. The summed E-state index contributed by atoms with van der Waals surface area (Å²) in [6, 6.07) is 26.2. The van der Waals surface area contributed by atoms with Crippen molar-refractivity contribution in [3.8, 4) is 17.2 Å². The Morgan fingerprint density at radius 3 is 2.56 bits per heavy atom. The molecule has 0 N–H and O–H groups in total. The van der Waals surface area contributed by atoms with E-state index in [4.69, 9.17) is 14.5 Å². The highest BCUT2D eigenvalue weighted by atomic mass is 32.1. The van der Waals surface area contributed by atoms with Crippen LogP contribution in [0.25, 0.3) is 10.2 Å². The number of aromatic nitrogens is 2. The van der Waals surface area contributed by atoms with Gasteiger partial charge in [-0.1, -0.05) is 41.7 Å². The van der Waals surface area contributed by atoms with Gasteiger partial charge in [-0.25, -0.2) is 4.98 Å². The number of carbonyl (C=O) groups excluding carboxylic acids is 1. The molecule has 0 bridgehead atoms. The van der Waals surface area contributed by atoms with Crippen LogP contribution >= 0.6 is 11.3 Å². The number of carbonyl (C=O) groups is 1. The van der Waals surface area contributed by atoms with Gasteiger partial charge in [0.1, 0.15) is 17.2 Å². The number of anilines is 1. The SMILES string of the molecule is COc1ccc2sc(N(Cc3cccnc3)C(=O)c3cccc(Oc4ccccc4)c3)nc2c1. The minimum atomic E-state index is -0.173. The lowest BCUT2D eigenvalue weighted by Gasteiger charge is -2.20. The molecule has 0 aliphatic heterocycles. The highest BCUT2D eigenvalue weighted by Gasteiger charge is 2.22. The van der Waals surface area contributed by atoms with E-state index in [1.807, 2.05) is 72.8 Å². The average molecular weight is 468 g/mol. The molecule has 0 aliphatic carbocycles. The normalized spacial score (nSPS) is 10.7. The predicted molar refractivity (Wildman–Crippen MR) is 134 cm³/mol. The third-order valence-corrected chi connectivity index (χ3v) is 6.24. The second-order valence-corrected chi connectivity index (χ2v) is 8.53. The molecule has 3 aromatic carbocycles. The van der Waals surface area contributed by atoms with E-state index in [1.54, 1.807) is 36.5 Å². The third-order valence-electron chi connectivity index (χ3n) is 5.18. The van der Waals surface area contributed by atoms with Crippen molar-refractivity contribution in [3.05, 3.63) is 108 Å². The van der Waals surface area contributed by atoms with E-state index in [1.165, 1.54) is 11.3 Å². The van der Waals surface area contributed by atoms with Gasteiger partial charge in [-0.15, -0.1) is 0 Å². The quantitative estimate of drug-likeness (QED) is 0.279. The maximum absolute atomic E-state index is 13.7. The second kappa shape index (κ2) is 9.72.